The lowest BCUT2D eigenvalue weighted by Gasteiger charge is -2.31. The number of esters is 1. The van der Waals surface area contributed by atoms with Crippen LogP contribution < -0.4 is 15.0 Å². The van der Waals surface area contributed by atoms with Gasteiger partial charge in [0.2, 0.25) is 0 Å². The fourth-order valence-electron chi connectivity index (χ4n) is 4.11. The zero-order valence-electron chi connectivity index (χ0n) is 18.5. The Morgan fingerprint density at radius 2 is 1.81 bits per heavy atom. The Kier molecular flexibility index (Phi) is 7.34. The average Bonchev–Trinajstić information content (AvgIpc) is 2.93. The Bertz CT molecular complexity index is 947. The van der Waals surface area contributed by atoms with Crippen LogP contribution in [-0.2, 0) is 14.3 Å². The lowest BCUT2D eigenvalue weighted by molar-refractivity contribution is -0.152. The number of rotatable bonds is 6. The van der Waals surface area contributed by atoms with Crippen molar-refractivity contribution in [3.05, 3.63) is 54.1 Å². The fraction of sp³-hybridized carbons (Fsp3) is 0.417. The van der Waals surface area contributed by atoms with Gasteiger partial charge in [0.1, 0.15) is 5.75 Å². The average molecular weight is 456 g/mol. The van der Waals surface area contributed by atoms with Gasteiger partial charge >= 0.3 is 5.97 Å². The molecule has 170 valence electrons. The van der Waals surface area contributed by atoms with Crippen molar-refractivity contribution >= 4 is 29.3 Å². The number of piperazine rings is 1. The normalized spacial score (nSPS) is 21.6. The largest absolute Gasteiger partial charge is 0.497 e. The summed E-state index contributed by atoms with van der Waals surface area (Å²) in [7, 11) is 1.62. The van der Waals surface area contributed by atoms with Crippen molar-refractivity contribution in [3.63, 3.8) is 0 Å². The third-order valence-electron chi connectivity index (χ3n) is 5.78. The van der Waals surface area contributed by atoms with Crippen LogP contribution in [-0.4, -0.2) is 69.3 Å². The van der Waals surface area contributed by atoms with Crippen molar-refractivity contribution in [2.75, 3.05) is 51.3 Å². The highest BCUT2D eigenvalue weighted by Gasteiger charge is 2.40. The first-order chi connectivity index (χ1) is 15.6. The first-order valence-corrected chi connectivity index (χ1v) is 11.8. The summed E-state index contributed by atoms with van der Waals surface area (Å²) in [5.41, 5.74) is 1.78. The van der Waals surface area contributed by atoms with Crippen LogP contribution in [0.3, 0.4) is 0 Å². The van der Waals surface area contributed by atoms with E-state index in [1.165, 1.54) is 6.92 Å². The van der Waals surface area contributed by atoms with Gasteiger partial charge in [0.05, 0.1) is 18.0 Å². The molecule has 1 amide bonds. The highest BCUT2D eigenvalue weighted by atomic mass is 32.2. The standard InChI is InChI=1S/C24H29N3O4S/c1-17(28)31-22-23(18-7-9-19(30-2)10-8-18)32-21-6-4-3-5-20(21)27(24(22)29)16-15-26-13-11-25-12-14-26/h3-10,22-23,25H,11-16H2,1-2H3/t22-,23+/m1/s1. The number of nitrogens with zero attached hydrogens (tertiary/aromatic N) is 2. The maximum atomic E-state index is 13.8. The Hall–Kier alpha value is -2.55. The lowest BCUT2D eigenvalue weighted by Crippen LogP contribution is -2.49. The zero-order chi connectivity index (χ0) is 22.5. The molecule has 0 radical (unpaired) electrons. The highest BCUT2D eigenvalue weighted by molar-refractivity contribution is 7.99. The number of amides is 1. The van der Waals surface area contributed by atoms with Gasteiger partial charge in [-0.25, -0.2) is 0 Å². The summed E-state index contributed by atoms with van der Waals surface area (Å²) in [4.78, 5) is 30.9. The Morgan fingerprint density at radius 1 is 1.09 bits per heavy atom. The Labute approximate surface area is 193 Å². The van der Waals surface area contributed by atoms with Gasteiger partial charge in [-0.2, -0.15) is 0 Å². The Balaban J connectivity index is 1.67. The van der Waals surface area contributed by atoms with Crippen molar-refractivity contribution in [3.8, 4) is 5.75 Å². The number of ether oxygens (including phenoxy) is 2. The number of methoxy groups -OCH3 is 1. The minimum absolute atomic E-state index is 0.186. The van der Waals surface area contributed by atoms with E-state index in [4.69, 9.17) is 9.47 Å². The van der Waals surface area contributed by atoms with Crippen LogP contribution in [0.5, 0.6) is 5.75 Å². The monoisotopic (exact) mass is 455 g/mol. The summed E-state index contributed by atoms with van der Waals surface area (Å²) in [6.45, 7) is 6.49. The van der Waals surface area contributed by atoms with Gasteiger partial charge in [-0.15, -0.1) is 11.8 Å². The summed E-state index contributed by atoms with van der Waals surface area (Å²) in [5, 5.41) is 3.00. The van der Waals surface area contributed by atoms with Crippen LogP contribution in [0.2, 0.25) is 0 Å². The number of carbonyl (C=O) groups excluding carboxylic acids is 2. The summed E-state index contributed by atoms with van der Waals surface area (Å²) in [6, 6.07) is 15.5. The first kappa shape index (κ1) is 22.6. The van der Waals surface area contributed by atoms with Crippen molar-refractivity contribution in [2.45, 2.75) is 23.2 Å². The van der Waals surface area contributed by atoms with Gasteiger partial charge in [-0.05, 0) is 29.8 Å². The molecule has 1 N–H and O–H groups in total. The molecule has 0 bridgehead atoms. The molecule has 0 aliphatic carbocycles. The van der Waals surface area contributed by atoms with Crippen molar-refractivity contribution in [1.82, 2.24) is 10.2 Å². The van der Waals surface area contributed by atoms with Gasteiger partial charge in [0.25, 0.3) is 5.91 Å². The molecule has 32 heavy (non-hydrogen) atoms. The number of hydrogen-bond acceptors (Lipinski definition) is 7. The highest BCUT2D eigenvalue weighted by Crippen LogP contribution is 2.46. The number of nitrogens with one attached hydrogen (secondary N) is 1. The molecule has 2 aliphatic heterocycles. The zero-order valence-corrected chi connectivity index (χ0v) is 19.3. The van der Waals surface area contributed by atoms with Crippen LogP contribution in [0.25, 0.3) is 0 Å². The quantitative estimate of drug-likeness (QED) is 0.672. The fourth-order valence-corrected chi connectivity index (χ4v) is 5.43. The molecule has 1 fully saturated rings. The number of carbonyl (C=O) groups is 2. The molecule has 7 nitrogen and oxygen atoms in total. The SMILES string of the molecule is COc1ccc([C@@H]2Sc3ccccc3N(CCN3CCNCC3)C(=O)[C@@H]2OC(C)=O)cc1. The van der Waals surface area contributed by atoms with E-state index in [0.29, 0.717) is 6.54 Å². The minimum atomic E-state index is -0.915. The summed E-state index contributed by atoms with van der Waals surface area (Å²) >= 11 is 1.56. The molecule has 8 heteroatoms. The van der Waals surface area contributed by atoms with E-state index < -0.39 is 12.1 Å². The van der Waals surface area contributed by atoms with Crippen molar-refractivity contribution in [1.29, 1.82) is 0 Å². The smallest absolute Gasteiger partial charge is 0.303 e. The molecule has 2 atom stereocenters. The second-order valence-corrected chi connectivity index (χ2v) is 9.07. The van der Waals surface area contributed by atoms with Gasteiger partial charge < -0.3 is 19.7 Å². The van der Waals surface area contributed by atoms with E-state index in [2.05, 4.69) is 10.2 Å². The van der Waals surface area contributed by atoms with Crippen LogP contribution in [0.4, 0.5) is 5.69 Å². The second kappa shape index (κ2) is 10.4. The molecule has 0 spiro atoms. The molecule has 2 heterocycles. The summed E-state index contributed by atoms with van der Waals surface area (Å²) in [5.74, 6) is 0.0878. The molecular formula is C24H29N3O4S. The third-order valence-corrected chi connectivity index (χ3v) is 7.15. The number of anilines is 1. The van der Waals surface area contributed by atoms with E-state index >= 15 is 0 Å². The van der Waals surface area contributed by atoms with Gasteiger partial charge in [0, 0.05) is 51.1 Å². The van der Waals surface area contributed by atoms with E-state index in [9.17, 15) is 9.59 Å². The molecule has 4 rings (SSSR count). The first-order valence-electron chi connectivity index (χ1n) is 10.9. The van der Waals surface area contributed by atoms with Crippen LogP contribution in [0.1, 0.15) is 17.7 Å². The molecule has 0 saturated carbocycles. The van der Waals surface area contributed by atoms with E-state index in [-0.39, 0.29) is 11.2 Å². The molecule has 2 aromatic carbocycles. The summed E-state index contributed by atoms with van der Waals surface area (Å²) < 4.78 is 10.9. The number of benzene rings is 2. The maximum absolute atomic E-state index is 13.8. The number of hydrogen-bond donors (Lipinski definition) is 1. The molecule has 1 saturated heterocycles. The Morgan fingerprint density at radius 3 is 2.50 bits per heavy atom. The third kappa shape index (κ3) is 5.09. The topological polar surface area (TPSA) is 71.1 Å². The van der Waals surface area contributed by atoms with E-state index in [1.54, 1.807) is 23.8 Å². The maximum Gasteiger partial charge on any atom is 0.303 e. The summed E-state index contributed by atoms with van der Waals surface area (Å²) in [6.07, 6.45) is -0.915. The van der Waals surface area contributed by atoms with Gasteiger partial charge in [0.15, 0.2) is 6.10 Å². The minimum Gasteiger partial charge on any atom is -0.497 e. The number of thioether (sulfide) groups is 1. The van der Waals surface area contributed by atoms with Gasteiger partial charge in [-0.3, -0.25) is 14.5 Å². The van der Waals surface area contributed by atoms with Crippen molar-refractivity contribution < 1.29 is 19.1 Å². The molecular weight excluding hydrogens is 426 g/mol. The lowest BCUT2D eigenvalue weighted by atomic mass is 10.1. The second-order valence-electron chi connectivity index (χ2n) is 7.89. The van der Waals surface area contributed by atoms with Crippen LogP contribution >= 0.6 is 11.8 Å². The molecule has 2 aromatic rings. The van der Waals surface area contributed by atoms with Crippen LogP contribution in [0, 0.1) is 0 Å². The predicted molar refractivity (Wildman–Crippen MR) is 125 cm³/mol. The van der Waals surface area contributed by atoms with Crippen molar-refractivity contribution in [2.24, 2.45) is 0 Å². The van der Waals surface area contributed by atoms with E-state index in [0.717, 1.165) is 54.6 Å². The number of fused-ring (bicyclic) bond motifs is 1. The molecule has 0 unspecified atom stereocenters. The van der Waals surface area contributed by atoms with E-state index in [1.807, 2.05) is 48.5 Å². The van der Waals surface area contributed by atoms with Crippen LogP contribution in [0.15, 0.2) is 53.4 Å². The molecule has 0 aromatic heterocycles. The predicted octanol–water partition coefficient (Wildman–Crippen LogP) is 2.71. The number of para-hydroxylation sites is 1. The molecule has 2 aliphatic rings. The van der Waals surface area contributed by atoms with Gasteiger partial charge in [-0.1, -0.05) is 24.3 Å².